The molecule has 0 spiro atoms. The molecule has 2 rings (SSSR count). The van der Waals surface area contributed by atoms with E-state index in [4.69, 9.17) is 5.73 Å². The lowest BCUT2D eigenvalue weighted by molar-refractivity contribution is -0.120. The molecular weight excluding hydrogens is 252 g/mol. The highest BCUT2D eigenvalue weighted by molar-refractivity contribution is 5.81. The lowest BCUT2D eigenvalue weighted by Crippen LogP contribution is -2.38. The Hall–Kier alpha value is -2.14. The van der Waals surface area contributed by atoms with Crippen LogP contribution in [0, 0.1) is 0 Å². The van der Waals surface area contributed by atoms with Crippen LogP contribution in [0.25, 0.3) is 5.69 Å². The molecule has 0 radical (unpaired) electrons. The van der Waals surface area contributed by atoms with Crippen LogP contribution in [0.2, 0.25) is 0 Å². The molecule has 0 saturated heterocycles. The average molecular weight is 272 g/mol. The van der Waals surface area contributed by atoms with Crippen molar-refractivity contribution in [2.24, 2.45) is 5.73 Å². The van der Waals surface area contributed by atoms with E-state index < -0.39 is 11.9 Å². The number of nitrogens with zero attached hydrogens (tertiary/aromatic N) is 2. The van der Waals surface area contributed by atoms with E-state index in [1.165, 1.54) is 0 Å². The highest BCUT2D eigenvalue weighted by Crippen LogP contribution is 2.15. The highest BCUT2D eigenvalue weighted by atomic mass is 16.1. The van der Waals surface area contributed by atoms with Crippen molar-refractivity contribution in [3.63, 3.8) is 0 Å². The zero-order valence-corrected chi connectivity index (χ0v) is 11.8. The summed E-state index contributed by atoms with van der Waals surface area (Å²) < 4.78 is 1.74. The van der Waals surface area contributed by atoms with Crippen molar-refractivity contribution in [3.8, 4) is 5.69 Å². The van der Waals surface area contributed by atoms with E-state index in [0.29, 0.717) is 0 Å². The molecular formula is C15H20N4O. The van der Waals surface area contributed by atoms with Gasteiger partial charge in [0.15, 0.2) is 0 Å². The van der Waals surface area contributed by atoms with Gasteiger partial charge in [-0.25, -0.2) is 4.68 Å². The van der Waals surface area contributed by atoms with Crippen molar-refractivity contribution >= 4 is 5.91 Å². The van der Waals surface area contributed by atoms with Crippen molar-refractivity contribution < 1.29 is 4.79 Å². The summed E-state index contributed by atoms with van der Waals surface area (Å²) in [4.78, 5) is 11.6. The molecule has 2 unspecified atom stereocenters. The van der Waals surface area contributed by atoms with E-state index in [1.54, 1.807) is 10.9 Å². The summed E-state index contributed by atoms with van der Waals surface area (Å²) in [7, 11) is 0. The molecule has 1 aromatic carbocycles. The number of nitrogens with one attached hydrogen (secondary N) is 1. The summed E-state index contributed by atoms with van der Waals surface area (Å²) in [5, 5.41) is 7.51. The van der Waals surface area contributed by atoms with Crippen LogP contribution in [0.1, 0.15) is 31.9 Å². The van der Waals surface area contributed by atoms with Gasteiger partial charge < -0.3 is 5.73 Å². The minimum absolute atomic E-state index is 0.215. The number of amides is 1. The van der Waals surface area contributed by atoms with Crippen molar-refractivity contribution in [3.05, 3.63) is 48.3 Å². The minimum Gasteiger partial charge on any atom is -0.368 e. The SMILES string of the molecule is CCC(C)NC(C(N)=O)c1cnn(-c2ccccc2)c1. The second-order valence-electron chi connectivity index (χ2n) is 4.87. The zero-order chi connectivity index (χ0) is 14.5. The fraction of sp³-hybridized carbons (Fsp3) is 0.333. The van der Waals surface area contributed by atoms with Crippen molar-refractivity contribution in [1.82, 2.24) is 15.1 Å². The molecule has 0 aliphatic heterocycles. The normalized spacial score (nSPS) is 13.9. The molecule has 106 valence electrons. The quantitative estimate of drug-likeness (QED) is 0.842. The number of benzene rings is 1. The monoisotopic (exact) mass is 272 g/mol. The number of carbonyl (C=O) groups excluding carboxylic acids is 1. The number of hydrogen-bond acceptors (Lipinski definition) is 3. The minimum atomic E-state index is -0.512. The lowest BCUT2D eigenvalue weighted by Gasteiger charge is -2.18. The van der Waals surface area contributed by atoms with Crippen LogP contribution in [0.15, 0.2) is 42.7 Å². The zero-order valence-electron chi connectivity index (χ0n) is 11.8. The molecule has 5 heteroatoms. The van der Waals surface area contributed by atoms with E-state index in [9.17, 15) is 4.79 Å². The van der Waals surface area contributed by atoms with Crippen molar-refractivity contribution in [1.29, 1.82) is 0 Å². The Kier molecular flexibility index (Phi) is 4.53. The maximum atomic E-state index is 11.6. The number of primary amides is 1. The predicted octanol–water partition coefficient (Wildman–Crippen LogP) is 1.79. The summed E-state index contributed by atoms with van der Waals surface area (Å²) >= 11 is 0. The fourth-order valence-electron chi connectivity index (χ4n) is 1.95. The Labute approximate surface area is 118 Å². The topological polar surface area (TPSA) is 72.9 Å². The molecule has 3 N–H and O–H groups in total. The Morgan fingerprint density at radius 3 is 2.70 bits per heavy atom. The van der Waals surface area contributed by atoms with E-state index in [1.807, 2.05) is 43.5 Å². The number of carbonyl (C=O) groups is 1. The Morgan fingerprint density at radius 2 is 2.10 bits per heavy atom. The van der Waals surface area contributed by atoms with Crippen LogP contribution in [0.5, 0.6) is 0 Å². The fourth-order valence-corrected chi connectivity index (χ4v) is 1.95. The molecule has 0 fully saturated rings. The molecule has 0 bridgehead atoms. The van der Waals surface area contributed by atoms with Crippen LogP contribution in [-0.2, 0) is 4.79 Å². The predicted molar refractivity (Wildman–Crippen MR) is 78.4 cm³/mol. The number of aromatic nitrogens is 2. The van der Waals surface area contributed by atoms with E-state index >= 15 is 0 Å². The first-order valence-corrected chi connectivity index (χ1v) is 6.77. The third kappa shape index (κ3) is 3.24. The van der Waals surface area contributed by atoms with Gasteiger partial charge in [-0.2, -0.15) is 5.10 Å². The van der Waals surface area contributed by atoms with E-state index in [2.05, 4.69) is 17.3 Å². The Bertz CT molecular complexity index is 564. The Morgan fingerprint density at radius 1 is 1.40 bits per heavy atom. The molecule has 1 heterocycles. The number of para-hydroxylation sites is 1. The molecule has 20 heavy (non-hydrogen) atoms. The third-order valence-electron chi connectivity index (χ3n) is 3.30. The van der Waals surface area contributed by atoms with Gasteiger partial charge in [0, 0.05) is 17.8 Å². The molecule has 1 aromatic heterocycles. The van der Waals surface area contributed by atoms with Crippen LogP contribution < -0.4 is 11.1 Å². The summed E-state index contributed by atoms with van der Waals surface area (Å²) in [6.07, 6.45) is 4.44. The van der Waals surface area contributed by atoms with Gasteiger partial charge in [0.25, 0.3) is 0 Å². The van der Waals surface area contributed by atoms with Gasteiger partial charge in [-0.05, 0) is 25.5 Å². The van der Waals surface area contributed by atoms with Crippen molar-refractivity contribution in [2.45, 2.75) is 32.4 Å². The first kappa shape index (κ1) is 14.3. The van der Waals surface area contributed by atoms with Gasteiger partial charge in [-0.15, -0.1) is 0 Å². The lowest BCUT2D eigenvalue weighted by atomic mass is 10.1. The number of rotatable bonds is 6. The summed E-state index contributed by atoms with van der Waals surface area (Å²) in [5.74, 6) is -0.391. The smallest absolute Gasteiger partial charge is 0.239 e. The van der Waals surface area contributed by atoms with Gasteiger partial charge in [-0.1, -0.05) is 25.1 Å². The second-order valence-corrected chi connectivity index (χ2v) is 4.87. The maximum absolute atomic E-state index is 11.6. The number of nitrogens with two attached hydrogens (primary N) is 1. The second kappa shape index (κ2) is 6.34. The molecule has 0 aliphatic rings. The highest BCUT2D eigenvalue weighted by Gasteiger charge is 2.21. The van der Waals surface area contributed by atoms with Gasteiger partial charge in [0.1, 0.15) is 6.04 Å². The molecule has 5 nitrogen and oxygen atoms in total. The average Bonchev–Trinajstić information content (AvgIpc) is 2.94. The third-order valence-corrected chi connectivity index (χ3v) is 3.30. The summed E-state index contributed by atoms with van der Waals surface area (Å²) in [6.45, 7) is 4.08. The first-order valence-electron chi connectivity index (χ1n) is 6.77. The number of hydrogen-bond donors (Lipinski definition) is 2. The molecule has 2 aromatic rings. The molecule has 2 atom stereocenters. The standard InChI is InChI=1S/C15H20N4O/c1-3-11(2)18-14(15(16)20)12-9-17-19(10-12)13-7-5-4-6-8-13/h4-11,14,18H,3H2,1-2H3,(H2,16,20). The van der Waals surface area contributed by atoms with Gasteiger partial charge in [0.2, 0.25) is 5.91 Å². The van der Waals surface area contributed by atoms with Gasteiger partial charge in [-0.3, -0.25) is 10.1 Å². The Balaban J connectivity index is 2.23. The van der Waals surface area contributed by atoms with Gasteiger partial charge >= 0.3 is 0 Å². The van der Waals surface area contributed by atoms with Crippen LogP contribution in [-0.4, -0.2) is 21.7 Å². The van der Waals surface area contributed by atoms with Crippen LogP contribution >= 0.6 is 0 Å². The van der Waals surface area contributed by atoms with Crippen molar-refractivity contribution in [2.75, 3.05) is 0 Å². The summed E-state index contributed by atoms with van der Waals surface area (Å²) in [5.41, 5.74) is 7.21. The van der Waals surface area contributed by atoms with Gasteiger partial charge in [0.05, 0.1) is 11.9 Å². The van der Waals surface area contributed by atoms with Crippen LogP contribution in [0.3, 0.4) is 0 Å². The van der Waals surface area contributed by atoms with E-state index in [-0.39, 0.29) is 6.04 Å². The van der Waals surface area contributed by atoms with E-state index in [0.717, 1.165) is 17.7 Å². The summed E-state index contributed by atoms with van der Waals surface area (Å²) in [6, 6.07) is 9.45. The molecule has 0 saturated carbocycles. The molecule has 0 aliphatic carbocycles. The first-order chi connectivity index (χ1) is 9.61. The van der Waals surface area contributed by atoms with Crippen LogP contribution in [0.4, 0.5) is 0 Å². The maximum Gasteiger partial charge on any atom is 0.239 e. The molecule has 1 amide bonds. The largest absolute Gasteiger partial charge is 0.368 e.